The second-order valence-corrected chi connectivity index (χ2v) is 7.57. The van der Waals surface area contributed by atoms with Gasteiger partial charge in [-0.1, -0.05) is 32.8 Å². The van der Waals surface area contributed by atoms with Gasteiger partial charge in [0.15, 0.2) is 0 Å². The number of non-ortho nitro benzene ring substituents is 1. The first-order chi connectivity index (χ1) is 14.0. The quantitative estimate of drug-likeness (QED) is 0.337. The number of hydrogen-bond donors (Lipinski definition) is 1. The summed E-state index contributed by atoms with van der Waals surface area (Å²) in [7, 11) is 0. The number of thiazole rings is 1. The highest BCUT2D eigenvalue weighted by Gasteiger charge is 2.20. The largest absolute Gasteiger partial charge is 0.351 e. The van der Waals surface area contributed by atoms with Gasteiger partial charge < -0.3 is 10.2 Å². The third-order valence-corrected chi connectivity index (χ3v) is 5.13. The van der Waals surface area contributed by atoms with E-state index in [4.69, 9.17) is 0 Å². The molecule has 2 rings (SSSR count). The lowest BCUT2D eigenvalue weighted by Crippen LogP contribution is -2.31. The van der Waals surface area contributed by atoms with Crippen LogP contribution in [0.15, 0.2) is 29.6 Å². The van der Waals surface area contributed by atoms with Crippen molar-refractivity contribution in [1.29, 1.82) is 0 Å². The minimum absolute atomic E-state index is 0.119. The summed E-state index contributed by atoms with van der Waals surface area (Å²) in [5.41, 5.74) is 0.496. The number of nitro groups is 1. The van der Waals surface area contributed by atoms with E-state index in [0.717, 1.165) is 25.7 Å². The molecule has 2 amide bonds. The molecule has 9 heteroatoms. The van der Waals surface area contributed by atoms with Crippen LogP contribution in [-0.2, 0) is 6.54 Å². The molecule has 0 saturated carbocycles. The summed E-state index contributed by atoms with van der Waals surface area (Å²) in [6.45, 7) is 5.45. The lowest BCUT2D eigenvalue weighted by molar-refractivity contribution is -0.384. The molecule has 0 spiro atoms. The van der Waals surface area contributed by atoms with E-state index < -0.39 is 4.92 Å². The van der Waals surface area contributed by atoms with E-state index in [0.29, 0.717) is 23.8 Å². The summed E-state index contributed by atoms with van der Waals surface area (Å²) in [6, 6.07) is 5.72. The summed E-state index contributed by atoms with van der Waals surface area (Å²) in [5, 5.41) is 16.2. The molecule has 1 heterocycles. The topological polar surface area (TPSA) is 105 Å². The van der Waals surface area contributed by atoms with Crippen molar-refractivity contribution < 1.29 is 14.5 Å². The molecule has 0 fully saturated rings. The summed E-state index contributed by atoms with van der Waals surface area (Å²) < 4.78 is 0. The first-order valence-electron chi connectivity index (χ1n) is 9.72. The van der Waals surface area contributed by atoms with E-state index in [-0.39, 0.29) is 29.6 Å². The predicted molar refractivity (Wildman–Crippen MR) is 112 cm³/mol. The van der Waals surface area contributed by atoms with Crippen molar-refractivity contribution in [2.24, 2.45) is 0 Å². The molecular formula is C20H26N4O4S. The maximum atomic E-state index is 12.9. The van der Waals surface area contributed by atoms with Gasteiger partial charge in [-0.15, -0.1) is 11.3 Å². The van der Waals surface area contributed by atoms with E-state index in [1.54, 1.807) is 16.3 Å². The molecule has 0 saturated heterocycles. The minimum Gasteiger partial charge on any atom is -0.351 e. The number of rotatable bonds is 11. The molecular weight excluding hydrogens is 392 g/mol. The molecule has 0 bridgehead atoms. The molecule has 1 aromatic heterocycles. The van der Waals surface area contributed by atoms with E-state index in [2.05, 4.69) is 17.2 Å². The number of amides is 2. The van der Waals surface area contributed by atoms with Crippen LogP contribution in [0.25, 0.3) is 0 Å². The Morgan fingerprint density at radius 2 is 2.00 bits per heavy atom. The van der Waals surface area contributed by atoms with Crippen molar-refractivity contribution in [3.8, 4) is 0 Å². The number of carbonyl (C=O) groups excluding carboxylic acids is 2. The van der Waals surface area contributed by atoms with Crippen LogP contribution in [-0.4, -0.2) is 39.7 Å². The zero-order valence-electron chi connectivity index (χ0n) is 16.7. The molecule has 0 unspecified atom stereocenters. The molecule has 0 atom stereocenters. The monoisotopic (exact) mass is 418 g/mol. The van der Waals surface area contributed by atoms with Crippen LogP contribution in [0, 0.1) is 10.1 Å². The van der Waals surface area contributed by atoms with Gasteiger partial charge >= 0.3 is 0 Å². The van der Waals surface area contributed by atoms with Gasteiger partial charge in [0.2, 0.25) is 0 Å². The van der Waals surface area contributed by atoms with Crippen molar-refractivity contribution in [3.05, 3.63) is 56.0 Å². The van der Waals surface area contributed by atoms with Crippen LogP contribution in [0.4, 0.5) is 5.69 Å². The predicted octanol–water partition coefficient (Wildman–Crippen LogP) is 4.02. The molecule has 8 nitrogen and oxygen atoms in total. The van der Waals surface area contributed by atoms with Crippen LogP contribution in [0.1, 0.15) is 65.4 Å². The first-order valence-corrected chi connectivity index (χ1v) is 10.6. The van der Waals surface area contributed by atoms with E-state index in [1.165, 1.54) is 29.5 Å². The van der Waals surface area contributed by atoms with Gasteiger partial charge in [-0.25, -0.2) is 4.98 Å². The van der Waals surface area contributed by atoms with Crippen molar-refractivity contribution >= 4 is 28.8 Å². The number of hydrogen-bond acceptors (Lipinski definition) is 6. The Balaban J connectivity index is 2.12. The Morgan fingerprint density at radius 3 is 2.69 bits per heavy atom. The fourth-order valence-corrected chi connectivity index (χ4v) is 3.45. The Bertz CT molecular complexity index is 853. The maximum Gasteiger partial charge on any atom is 0.270 e. The molecule has 0 radical (unpaired) electrons. The number of nitro benzene ring substituents is 1. The van der Waals surface area contributed by atoms with Crippen LogP contribution in [0.5, 0.6) is 0 Å². The third kappa shape index (κ3) is 6.63. The highest BCUT2D eigenvalue weighted by molar-refractivity contribution is 7.09. The summed E-state index contributed by atoms with van der Waals surface area (Å²) in [4.78, 5) is 41.6. The van der Waals surface area contributed by atoms with Crippen molar-refractivity contribution in [2.75, 3.05) is 13.1 Å². The average Bonchev–Trinajstić information content (AvgIpc) is 3.19. The van der Waals surface area contributed by atoms with Gasteiger partial charge in [0, 0.05) is 36.2 Å². The van der Waals surface area contributed by atoms with Gasteiger partial charge in [-0.05, 0) is 18.9 Å². The fraction of sp³-hybridized carbons (Fsp3) is 0.450. The zero-order chi connectivity index (χ0) is 21.2. The van der Waals surface area contributed by atoms with Gasteiger partial charge in [0.1, 0.15) is 10.7 Å². The molecule has 1 aromatic carbocycles. The Labute approximate surface area is 174 Å². The Hall–Kier alpha value is -2.81. The fourth-order valence-electron chi connectivity index (χ4n) is 2.66. The van der Waals surface area contributed by atoms with Crippen molar-refractivity contribution in [1.82, 2.24) is 15.2 Å². The second kappa shape index (κ2) is 11.3. The van der Waals surface area contributed by atoms with Gasteiger partial charge in [-0.2, -0.15) is 0 Å². The molecule has 2 aromatic rings. The van der Waals surface area contributed by atoms with Crippen LogP contribution in [0.3, 0.4) is 0 Å². The number of aromatic nitrogens is 1. The molecule has 156 valence electrons. The molecule has 29 heavy (non-hydrogen) atoms. The smallest absolute Gasteiger partial charge is 0.270 e. The minimum atomic E-state index is -0.516. The van der Waals surface area contributed by atoms with Crippen LogP contribution in [0.2, 0.25) is 0 Å². The van der Waals surface area contributed by atoms with Crippen LogP contribution < -0.4 is 5.32 Å². The van der Waals surface area contributed by atoms with E-state index in [1.807, 2.05) is 6.92 Å². The molecule has 0 aliphatic rings. The molecule has 1 N–H and O–H groups in total. The zero-order valence-corrected chi connectivity index (χ0v) is 17.5. The van der Waals surface area contributed by atoms with Crippen LogP contribution >= 0.6 is 11.3 Å². The molecule has 0 aliphatic heterocycles. The van der Waals surface area contributed by atoms with Gasteiger partial charge in [0.05, 0.1) is 11.5 Å². The van der Waals surface area contributed by atoms with Gasteiger partial charge in [-0.3, -0.25) is 19.7 Å². The highest BCUT2D eigenvalue weighted by Crippen LogP contribution is 2.18. The van der Waals surface area contributed by atoms with Gasteiger partial charge in [0.25, 0.3) is 17.5 Å². The molecule has 0 aliphatic carbocycles. The first kappa shape index (κ1) is 22.5. The second-order valence-electron chi connectivity index (χ2n) is 6.62. The lowest BCUT2D eigenvalue weighted by Gasteiger charge is -2.21. The Kier molecular flexibility index (Phi) is 8.72. The third-order valence-electron chi connectivity index (χ3n) is 4.30. The summed E-state index contributed by atoms with van der Waals surface area (Å²) in [5.74, 6) is -0.502. The summed E-state index contributed by atoms with van der Waals surface area (Å²) >= 11 is 1.33. The standard InChI is InChI=1S/C20H26N4O4S/c1-3-5-10-21-19(25)17-14-29-18(22-17)13-23(11-6-4-2)20(26)15-8-7-9-16(12-15)24(27)28/h7-9,12,14H,3-6,10-11,13H2,1-2H3,(H,21,25). The average molecular weight is 419 g/mol. The normalized spacial score (nSPS) is 10.6. The Morgan fingerprint density at radius 1 is 1.24 bits per heavy atom. The lowest BCUT2D eigenvalue weighted by atomic mass is 10.1. The number of carbonyl (C=O) groups is 2. The number of nitrogens with zero attached hydrogens (tertiary/aromatic N) is 3. The maximum absolute atomic E-state index is 12.9. The summed E-state index contributed by atoms with van der Waals surface area (Å²) in [6.07, 6.45) is 3.61. The SMILES string of the molecule is CCCCNC(=O)c1csc(CN(CCCC)C(=O)c2cccc([N+](=O)[O-])c2)n1. The highest BCUT2D eigenvalue weighted by atomic mass is 32.1. The van der Waals surface area contributed by atoms with Crippen molar-refractivity contribution in [2.45, 2.75) is 46.1 Å². The number of unbranched alkanes of at least 4 members (excludes halogenated alkanes) is 2. The number of nitrogens with one attached hydrogen (secondary N) is 1. The van der Waals surface area contributed by atoms with E-state index >= 15 is 0 Å². The van der Waals surface area contributed by atoms with Crippen molar-refractivity contribution in [3.63, 3.8) is 0 Å². The van der Waals surface area contributed by atoms with E-state index in [9.17, 15) is 19.7 Å². The number of benzene rings is 1.